The van der Waals surface area contributed by atoms with Crippen LogP contribution in [-0.4, -0.2) is 19.1 Å². The minimum atomic E-state index is 0.566. The van der Waals surface area contributed by atoms with E-state index in [0.29, 0.717) is 6.04 Å². The fourth-order valence-electron chi connectivity index (χ4n) is 2.65. The van der Waals surface area contributed by atoms with Crippen LogP contribution in [0.2, 0.25) is 0 Å². The van der Waals surface area contributed by atoms with Crippen LogP contribution in [0.1, 0.15) is 39.2 Å². The molecule has 0 radical (unpaired) electrons. The van der Waals surface area contributed by atoms with Gasteiger partial charge < -0.3 is 10.2 Å². The first-order valence-electron chi connectivity index (χ1n) is 7.23. The summed E-state index contributed by atoms with van der Waals surface area (Å²) in [6, 6.07) is 9.38. The molecule has 2 heteroatoms. The van der Waals surface area contributed by atoms with Gasteiger partial charge >= 0.3 is 0 Å². The van der Waals surface area contributed by atoms with Crippen LogP contribution in [0.5, 0.6) is 0 Å². The summed E-state index contributed by atoms with van der Waals surface area (Å²) in [5.41, 5.74) is 2.87. The van der Waals surface area contributed by atoms with Crippen molar-refractivity contribution in [2.45, 2.75) is 46.2 Å². The van der Waals surface area contributed by atoms with Gasteiger partial charge in [-0.05, 0) is 37.3 Å². The van der Waals surface area contributed by atoms with Crippen molar-refractivity contribution in [1.29, 1.82) is 0 Å². The highest BCUT2D eigenvalue weighted by atomic mass is 15.2. The number of anilines is 1. The van der Waals surface area contributed by atoms with Crippen LogP contribution in [0.25, 0.3) is 0 Å². The molecule has 0 saturated heterocycles. The fraction of sp³-hybridized carbons (Fsp3) is 0.625. The van der Waals surface area contributed by atoms with Gasteiger partial charge in [-0.1, -0.05) is 32.0 Å². The highest BCUT2D eigenvalue weighted by molar-refractivity contribution is 5.54. The number of hydrogen-bond donors (Lipinski definition) is 1. The second-order valence-corrected chi connectivity index (χ2v) is 5.89. The molecule has 0 aromatic heterocycles. The van der Waals surface area contributed by atoms with Crippen LogP contribution in [0, 0.1) is 5.92 Å². The predicted molar refractivity (Wildman–Crippen MR) is 79.0 cm³/mol. The van der Waals surface area contributed by atoms with Crippen LogP contribution in [0.3, 0.4) is 0 Å². The first-order valence-corrected chi connectivity index (χ1v) is 7.23. The maximum atomic E-state index is 3.59. The Morgan fingerprint density at radius 2 is 2.11 bits per heavy atom. The normalized spacial score (nSPS) is 19.8. The largest absolute Gasteiger partial charge is 0.370 e. The molecule has 0 amide bonds. The van der Waals surface area contributed by atoms with Gasteiger partial charge in [-0.2, -0.15) is 0 Å². The third kappa shape index (κ3) is 3.49. The number of fused-ring (bicyclic) bond motifs is 1. The zero-order valence-corrected chi connectivity index (χ0v) is 11.9. The summed E-state index contributed by atoms with van der Waals surface area (Å²) in [6.45, 7) is 10.2. The lowest BCUT2D eigenvalue weighted by atomic mass is 10.1. The first-order chi connectivity index (χ1) is 8.66. The van der Waals surface area contributed by atoms with Gasteiger partial charge in [-0.15, -0.1) is 0 Å². The van der Waals surface area contributed by atoms with Crippen molar-refractivity contribution in [3.63, 3.8) is 0 Å². The van der Waals surface area contributed by atoms with E-state index in [-0.39, 0.29) is 0 Å². The molecule has 2 rings (SSSR count). The quantitative estimate of drug-likeness (QED) is 0.875. The highest BCUT2D eigenvalue weighted by Gasteiger charge is 2.17. The number of hydrogen-bond acceptors (Lipinski definition) is 2. The molecule has 1 aliphatic rings. The highest BCUT2D eigenvalue weighted by Crippen LogP contribution is 2.23. The van der Waals surface area contributed by atoms with Gasteiger partial charge in [0.2, 0.25) is 0 Å². The maximum absolute atomic E-state index is 3.59. The Morgan fingerprint density at radius 3 is 2.89 bits per heavy atom. The molecule has 0 fully saturated rings. The third-order valence-corrected chi connectivity index (χ3v) is 3.68. The van der Waals surface area contributed by atoms with Crippen molar-refractivity contribution in [2.75, 3.05) is 18.0 Å². The van der Waals surface area contributed by atoms with Crippen LogP contribution in [0.4, 0.5) is 5.69 Å². The van der Waals surface area contributed by atoms with Gasteiger partial charge in [0.05, 0.1) is 0 Å². The molecule has 1 atom stereocenters. The van der Waals surface area contributed by atoms with Crippen molar-refractivity contribution in [3.05, 3.63) is 29.8 Å². The first kappa shape index (κ1) is 13.4. The van der Waals surface area contributed by atoms with Crippen LogP contribution in [0.15, 0.2) is 24.3 Å². The van der Waals surface area contributed by atoms with Gasteiger partial charge in [0.25, 0.3) is 0 Å². The molecule has 0 saturated carbocycles. The molecular formula is C16H26N2. The lowest BCUT2D eigenvalue weighted by Gasteiger charge is -2.26. The lowest BCUT2D eigenvalue weighted by molar-refractivity contribution is 0.522. The van der Waals surface area contributed by atoms with E-state index < -0.39 is 0 Å². The van der Waals surface area contributed by atoms with E-state index in [4.69, 9.17) is 0 Å². The minimum absolute atomic E-state index is 0.566. The zero-order chi connectivity index (χ0) is 13.0. The molecule has 0 bridgehead atoms. The van der Waals surface area contributed by atoms with E-state index in [2.05, 4.69) is 55.3 Å². The summed E-state index contributed by atoms with van der Waals surface area (Å²) >= 11 is 0. The Labute approximate surface area is 111 Å². The van der Waals surface area contributed by atoms with E-state index in [1.807, 2.05) is 0 Å². The molecule has 0 aliphatic carbocycles. The van der Waals surface area contributed by atoms with E-state index in [9.17, 15) is 0 Å². The summed E-state index contributed by atoms with van der Waals surface area (Å²) in [4.78, 5) is 2.56. The van der Waals surface area contributed by atoms with Crippen molar-refractivity contribution >= 4 is 5.69 Å². The molecule has 1 aliphatic heterocycles. The fourth-order valence-corrected chi connectivity index (χ4v) is 2.65. The predicted octanol–water partition coefficient (Wildman–Crippen LogP) is 3.42. The van der Waals surface area contributed by atoms with E-state index in [1.165, 1.54) is 30.6 Å². The van der Waals surface area contributed by atoms with Gasteiger partial charge in [-0.25, -0.2) is 0 Å². The molecule has 1 aromatic rings. The summed E-state index contributed by atoms with van der Waals surface area (Å²) in [5.74, 6) is 0.808. The van der Waals surface area contributed by atoms with Crippen LogP contribution < -0.4 is 10.2 Å². The average Bonchev–Trinajstić information content (AvgIpc) is 2.50. The maximum Gasteiger partial charge on any atom is 0.0412 e. The minimum Gasteiger partial charge on any atom is -0.370 e. The Morgan fingerprint density at radius 1 is 1.33 bits per heavy atom. The Bertz CT molecular complexity index is 373. The molecule has 0 spiro atoms. The van der Waals surface area contributed by atoms with Gasteiger partial charge in [0.15, 0.2) is 0 Å². The topological polar surface area (TPSA) is 15.3 Å². The summed E-state index contributed by atoms with van der Waals surface area (Å²) < 4.78 is 0. The molecule has 2 nitrogen and oxygen atoms in total. The summed E-state index contributed by atoms with van der Waals surface area (Å²) in [6.07, 6.45) is 2.61. The number of rotatable bonds is 4. The third-order valence-electron chi connectivity index (χ3n) is 3.68. The smallest absolute Gasteiger partial charge is 0.0412 e. The number of para-hydroxylation sites is 1. The molecule has 1 heterocycles. The number of nitrogens with zero attached hydrogens (tertiary/aromatic N) is 1. The summed E-state index contributed by atoms with van der Waals surface area (Å²) in [7, 11) is 0. The SMILES string of the molecule is CC(C)CCCN1CC(C)NCc2ccccc21. The number of benzene rings is 1. The average molecular weight is 246 g/mol. The van der Waals surface area contributed by atoms with Gasteiger partial charge in [0, 0.05) is 31.4 Å². The monoisotopic (exact) mass is 246 g/mol. The van der Waals surface area contributed by atoms with Crippen molar-refractivity contribution in [2.24, 2.45) is 5.92 Å². The van der Waals surface area contributed by atoms with E-state index >= 15 is 0 Å². The second kappa shape index (κ2) is 6.24. The van der Waals surface area contributed by atoms with Gasteiger partial charge in [-0.3, -0.25) is 0 Å². The van der Waals surface area contributed by atoms with Crippen molar-refractivity contribution in [1.82, 2.24) is 5.32 Å². The Kier molecular flexibility index (Phi) is 4.65. The standard InChI is InChI=1S/C16H26N2/c1-13(2)7-6-10-18-12-14(3)17-11-15-8-4-5-9-16(15)18/h4-5,8-9,13-14,17H,6-7,10-12H2,1-3H3. The van der Waals surface area contributed by atoms with Crippen LogP contribution >= 0.6 is 0 Å². The van der Waals surface area contributed by atoms with Crippen molar-refractivity contribution < 1.29 is 0 Å². The molecule has 1 aromatic carbocycles. The molecule has 1 N–H and O–H groups in total. The van der Waals surface area contributed by atoms with E-state index in [1.54, 1.807) is 0 Å². The molecule has 100 valence electrons. The molecular weight excluding hydrogens is 220 g/mol. The van der Waals surface area contributed by atoms with Crippen molar-refractivity contribution in [3.8, 4) is 0 Å². The lowest BCUT2D eigenvalue weighted by Crippen LogP contribution is -2.36. The molecule has 1 unspecified atom stereocenters. The Balaban J connectivity index is 2.06. The van der Waals surface area contributed by atoms with Gasteiger partial charge in [0.1, 0.15) is 0 Å². The zero-order valence-electron chi connectivity index (χ0n) is 11.9. The summed E-state index contributed by atoms with van der Waals surface area (Å²) in [5, 5.41) is 3.59. The second-order valence-electron chi connectivity index (χ2n) is 5.89. The number of nitrogens with one attached hydrogen (secondary N) is 1. The Hall–Kier alpha value is -1.02. The molecule has 18 heavy (non-hydrogen) atoms. The van der Waals surface area contributed by atoms with Crippen LogP contribution in [-0.2, 0) is 6.54 Å². The van der Waals surface area contributed by atoms with E-state index in [0.717, 1.165) is 19.0 Å².